The van der Waals surface area contributed by atoms with Gasteiger partial charge in [-0.3, -0.25) is 38.9 Å². The Bertz CT molecular complexity index is 2580. The van der Waals surface area contributed by atoms with Crippen molar-refractivity contribution in [2.45, 2.75) is 101 Å². The minimum atomic E-state index is -2.88. The molecular formula is C46H51F2N11O6. The van der Waals surface area contributed by atoms with Gasteiger partial charge >= 0.3 is 0 Å². The molecule has 3 aromatic heterocycles. The predicted octanol–water partition coefficient (Wildman–Crippen LogP) is 5.13. The summed E-state index contributed by atoms with van der Waals surface area (Å²) in [4.78, 5) is 75.2. The smallest absolute Gasteiger partial charge is 0.284 e. The second-order valence-electron chi connectivity index (χ2n) is 19.3. The largest absolute Gasteiger partial charge is 0.384 e. The quantitative estimate of drug-likeness (QED) is 0.168. The molecule has 340 valence electrons. The molecule has 7 aliphatic rings. The van der Waals surface area contributed by atoms with Crippen LogP contribution < -0.4 is 20.9 Å². The number of morpholine rings is 1. The van der Waals surface area contributed by atoms with Gasteiger partial charge in [-0.15, -0.1) is 5.10 Å². The van der Waals surface area contributed by atoms with Crippen molar-refractivity contribution in [3.8, 4) is 0 Å². The number of fused-ring (bicyclic) bond motifs is 4. The van der Waals surface area contributed by atoms with Gasteiger partial charge in [0.1, 0.15) is 22.9 Å². The van der Waals surface area contributed by atoms with E-state index in [9.17, 15) is 32.8 Å². The zero-order chi connectivity index (χ0) is 44.6. The molecule has 6 fully saturated rings. The van der Waals surface area contributed by atoms with Crippen molar-refractivity contribution in [1.29, 1.82) is 0 Å². The first-order valence-electron chi connectivity index (χ1n) is 23.0. The third-order valence-corrected chi connectivity index (χ3v) is 15.2. The van der Waals surface area contributed by atoms with E-state index < -0.39 is 47.7 Å². The van der Waals surface area contributed by atoms with E-state index in [0.717, 1.165) is 88.9 Å². The number of nitrogens with one attached hydrogen (secondary N) is 3. The number of rotatable bonds is 11. The minimum Gasteiger partial charge on any atom is -0.384 e. The number of pyridine rings is 1. The fraction of sp³-hybridized carbons (Fsp3) is 0.543. The Labute approximate surface area is 373 Å². The van der Waals surface area contributed by atoms with E-state index in [1.807, 2.05) is 6.07 Å². The van der Waals surface area contributed by atoms with Gasteiger partial charge in [-0.25, -0.2) is 13.8 Å². The Kier molecular flexibility index (Phi) is 10.6. The molecule has 2 unspecified atom stereocenters. The van der Waals surface area contributed by atoms with Crippen LogP contribution in [0.25, 0.3) is 11.0 Å². The van der Waals surface area contributed by atoms with E-state index in [1.54, 1.807) is 28.9 Å². The number of amides is 5. The summed E-state index contributed by atoms with van der Waals surface area (Å²) in [5, 5.41) is 20.8. The highest BCUT2D eigenvalue weighted by Crippen LogP contribution is 2.53. The Morgan fingerprint density at radius 1 is 0.954 bits per heavy atom. The maximum atomic E-state index is 14.4. The normalized spacial score (nSPS) is 26.6. The SMILES string of the molecule is O=C1CCC(N2C(=O)c3cccc(NCC4CC5(CCN(CC6CCC(n7cc(NC(=O)c8cnnc9ccc(N%10C[C@H]%11CC%10CO%11)nc89)c(C(F)F)n7)CC6)CC5)C4)c3C2=O)C(=O)N1. The first-order valence-corrected chi connectivity index (χ1v) is 23.0. The Morgan fingerprint density at radius 3 is 2.51 bits per heavy atom. The molecule has 3 atom stereocenters. The van der Waals surface area contributed by atoms with E-state index in [0.29, 0.717) is 52.9 Å². The monoisotopic (exact) mass is 891 g/mol. The molecule has 65 heavy (non-hydrogen) atoms. The number of carbonyl (C=O) groups is 5. The lowest BCUT2D eigenvalue weighted by Crippen LogP contribution is -2.54. The van der Waals surface area contributed by atoms with Crippen LogP contribution >= 0.6 is 0 Å². The fourth-order valence-electron chi connectivity index (χ4n) is 11.8. The zero-order valence-corrected chi connectivity index (χ0v) is 35.9. The summed E-state index contributed by atoms with van der Waals surface area (Å²) < 4.78 is 36.1. The number of benzene rings is 1. The zero-order valence-electron chi connectivity index (χ0n) is 35.9. The maximum absolute atomic E-state index is 14.4. The summed E-state index contributed by atoms with van der Waals surface area (Å²) in [5.41, 5.74) is 1.92. The molecule has 2 aliphatic carbocycles. The summed E-state index contributed by atoms with van der Waals surface area (Å²) in [5.74, 6) is -0.983. The van der Waals surface area contributed by atoms with Crippen LogP contribution in [0.3, 0.4) is 0 Å². The van der Waals surface area contributed by atoms with Gasteiger partial charge in [0.2, 0.25) is 11.8 Å². The van der Waals surface area contributed by atoms with Gasteiger partial charge in [0.25, 0.3) is 24.1 Å². The van der Waals surface area contributed by atoms with Crippen molar-refractivity contribution in [2.75, 3.05) is 54.9 Å². The molecule has 0 radical (unpaired) electrons. The van der Waals surface area contributed by atoms with E-state index in [-0.39, 0.29) is 53.4 Å². The molecule has 5 amide bonds. The number of likely N-dealkylation sites (tertiary alicyclic amines) is 1. The van der Waals surface area contributed by atoms with Crippen LogP contribution in [0, 0.1) is 17.3 Å². The first kappa shape index (κ1) is 41.7. The van der Waals surface area contributed by atoms with Crippen LogP contribution in [-0.4, -0.2) is 122 Å². The summed E-state index contributed by atoms with van der Waals surface area (Å²) in [6.07, 6.45) is 9.26. The maximum Gasteiger partial charge on any atom is 0.284 e. The molecule has 17 nitrogen and oxygen atoms in total. The lowest BCUT2D eigenvalue weighted by Gasteiger charge is -2.53. The molecule has 3 N–H and O–H groups in total. The summed E-state index contributed by atoms with van der Waals surface area (Å²) in [6, 6.07) is 7.97. The van der Waals surface area contributed by atoms with Gasteiger partial charge in [0, 0.05) is 37.9 Å². The van der Waals surface area contributed by atoms with Crippen LogP contribution in [-0.2, 0) is 14.3 Å². The number of piperidine rings is 2. The average Bonchev–Trinajstić information content (AvgIpc) is 4.10. The third kappa shape index (κ3) is 7.68. The standard InChI is InChI=1S/C46H51F2N11O6/c47-41(48)40-34(51-42(61)31-20-50-54-33-8-10-36(52-39(31)33)57-22-29-16-28(57)24-65-29)23-58(55-40)27-6-4-25(5-7-27)21-56-14-12-46(13-15-56)17-26(18-46)19-49-32-3-1-2-30-38(32)45(64)59(44(30)63)35-9-11-37(60)53-43(35)62/h1-3,8,10,20,23,25-29,35,41,49H,4-7,9,11-19,21-22,24H2,(H,51,61)(H,53,60,62)/t25?,27?,28?,29-,35?/m1/s1. The molecule has 11 rings (SSSR count). The number of halogens is 2. The number of carbonyl (C=O) groups excluding carboxylic acids is 5. The lowest BCUT2D eigenvalue weighted by molar-refractivity contribution is -0.136. The van der Waals surface area contributed by atoms with Crippen LogP contribution in [0.5, 0.6) is 0 Å². The molecule has 2 bridgehead atoms. The van der Waals surface area contributed by atoms with Crippen molar-refractivity contribution in [3.63, 3.8) is 0 Å². The molecule has 1 spiro atoms. The highest BCUT2D eigenvalue weighted by molar-refractivity contribution is 6.25. The van der Waals surface area contributed by atoms with Crippen molar-refractivity contribution in [2.24, 2.45) is 17.3 Å². The Morgan fingerprint density at radius 2 is 1.77 bits per heavy atom. The van der Waals surface area contributed by atoms with Crippen molar-refractivity contribution in [3.05, 3.63) is 65.1 Å². The first-order chi connectivity index (χ1) is 31.5. The van der Waals surface area contributed by atoms with E-state index in [1.165, 1.54) is 12.4 Å². The molecule has 2 saturated carbocycles. The molecule has 1 aromatic carbocycles. The number of hydrogen-bond acceptors (Lipinski definition) is 13. The third-order valence-electron chi connectivity index (χ3n) is 15.2. The van der Waals surface area contributed by atoms with E-state index >= 15 is 0 Å². The number of nitrogens with zero attached hydrogens (tertiary/aromatic N) is 8. The van der Waals surface area contributed by atoms with Crippen molar-refractivity contribution in [1.82, 2.24) is 40.1 Å². The van der Waals surface area contributed by atoms with Gasteiger partial charge in [-0.2, -0.15) is 10.2 Å². The Balaban J connectivity index is 0.651. The molecule has 4 saturated heterocycles. The summed E-state index contributed by atoms with van der Waals surface area (Å²) >= 11 is 0. The van der Waals surface area contributed by atoms with Crippen LogP contribution in [0.2, 0.25) is 0 Å². The van der Waals surface area contributed by atoms with Crippen LogP contribution in [0.1, 0.15) is 120 Å². The van der Waals surface area contributed by atoms with Crippen LogP contribution in [0.15, 0.2) is 42.7 Å². The van der Waals surface area contributed by atoms with Crippen LogP contribution in [0.4, 0.5) is 26.0 Å². The molecule has 5 aliphatic heterocycles. The number of hydrogen-bond donors (Lipinski definition) is 3. The summed E-state index contributed by atoms with van der Waals surface area (Å²) in [6.45, 7) is 5.11. The number of imide groups is 2. The molecule has 8 heterocycles. The average molecular weight is 892 g/mol. The molecule has 4 aromatic rings. The number of ether oxygens (including phenoxy) is 1. The van der Waals surface area contributed by atoms with Gasteiger partial charge in [0.15, 0.2) is 5.69 Å². The van der Waals surface area contributed by atoms with E-state index in [4.69, 9.17) is 9.72 Å². The van der Waals surface area contributed by atoms with Gasteiger partial charge < -0.3 is 25.2 Å². The number of aromatic nitrogens is 5. The number of anilines is 3. The second-order valence-corrected chi connectivity index (χ2v) is 19.3. The van der Waals surface area contributed by atoms with Crippen molar-refractivity contribution >= 4 is 57.8 Å². The second kappa shape index (κ2) is 16.5. The number of alkyl halides is 2. The highest BCUT2D eigenvalue weighted by Gasteiger charge is 2.48. The predicted molar refractivity (Wildman–Crippen MR) is 231 cm³/mol. The molecular weight excluding hydrogens is 841 g/mol. The van der Waals surface area contributed by atoms with Gasteiger partial charge in [0.05, 0.1) is 53.4 Å². The van der Waals surface area contributed by atoms with Gasteiger partial charge in [-0.05, 0) is 119 Å². The topological polar surface area (TPSA) is 197 Å². The molecule has 19 heteroatoms. The van der Waals surface area contributed by atoms with E-state index in [2.05, 4.69) is 41.0 Å². The van der Waals surface area contributed by atoms with Crippen molar-refractivity contribution < 1.29 is 37.5 Å². The minimum absolute atomic E-state index is 0.0213. The van der Waals surface area contributed by atoms with Gasteiger partial charge in [-0.1, -0.05) is 6.07 Å². The fourth-order valence-corrected chi connectivity index (χ4v) is 11.8. The highest BCUT2D eigenvalue weighted by atomic mass is 19.3. The summed E-state index contributed by atoms with van der Waals surface area (Å²) in [7, 11) is 0. The Hall–Kier alpha value is -5.95. The lowest BCUT2D eigenvalue weighted by atomic mass is 9.57.